The number of halogens is 4. The highest BCUT2D eigenvalue weighted by atomic mass is 35.5. The summed E-state index contributed by atoms with van der Waals surface area (Å²) in [4.78, 5) is 0. The Morgan fingerprint density at radius 1 is 1.04 bits per heavy atom. The van der Waals surface area contributed by atoms with Crippen LogP contribution in [-0.2, 0) is 17.9 Å². The second kappa shape index (κ2) is 13.3. The number of hydrogen-bond acceptors (Lipinski definition) is 5. The van der Waals surface area contributed by atoms with Crippen molar-refractivity contribution in [3.63, 3.8) is 0 Å². The lowest BCUT2D eigenvalue weighted by atomic mass is 10.2. The van der Waals surface area contributed by atoms with Gasteiger partial charge in [0.15, 0.2) is 11.5 Å². The molecule has 0 fully saturated rings. The van der Waals surface area contributed by atoms with Crippen molar-refractivity contribution in [2.24, 2.45) is 0 Å². The molecule has 0 spiro atoms. The quantitative estimate of drug-likeness (QED) is 0.464. The first-order chi connectivity index (χ1) is 13.0. The minimum absolute atomic E-state index is 0. The number of hydrogen-bond donors (Lipinski definition) is 2. The molecule has 28 heavy (non-hydrogen) atoms. The zero-order chi connectivity index (χ0) is 19.6. The summed E-state index contributed by atoms with van der Waals surface area (Å²) in [6.45, 7) is 2.38. The molecule has 0 atom stereocenters. The van der Waals surface area contributed by atoms with Crippen molar-refractivity contribution >= 4 is 47.2 Å². The van der Waals surface area contributed by atoms with Crippen LogP contribution in [0.4, 0.5) is 0 Å². The van der Waals surface area contributed by atoms with Gasteiger partial charge < -0.3 is 24.6 Å². The van der Waals surface area contributed by atoms with E-state index in [2.05, 4.69) is 5.32 Å². The van der Waals surface area contributed by atoms with Gasteiger partial charge in [0.25, 0.3) is 0 Å². The Bertz CT molecular complexity index is 746. The molecule has 5 nitrogen and oxygen atoms in total. The van der Waals surface area contributed by atoms with Gasteiger partial charge in [-0.3, -0.25) is 0 Å². The van der Waals surface area contributed by atoms with Crippen LogP contribution in [0.25, 0.3) is 0 Å². The Labute approximate surface area is 186 Å². The fraction of sp³-hybridized carbons (Fsp3) is 0.368. The third-order valence-electron chi connectivity index (χ3n) is 3.66. The SMILES string of the molecule is COc1cc(CNCCOCCO)cc(Cl)c1OCc1ccc(Cl)cc1Cl.Cl. The van der Waals surface area contributed by atoms with Gasteiger partial charge in [0.05, 0.1) is 32.0 Å². The summed E-state index contributed by atoms with van der Waals surface area (Å²) in [6.07, 6.45) is 0. The number of methoxy groups -OCH3 is 1. The van der Waals surface area contributed by atoms with E-state index < -0.39 is 0 Å². The van der Waals surface area contributed by atoms with Crippen molar-refractivity contribution in [1.29, 1.82) is 0 Å². The van der Waals surface area contributed by atoms with Gasteiger partial charge in [-0.2, -0.15) is 0 Å². The highest BCUT2D eigenvalue weighted by Gasteiger charge is 2.13. The van der Waals surface area contributed by atoms with Gasteiger partial charge in [0, 0.05) is 28.7 Å². The minimum Gasteiger partial charge on any atom is -0.493 e. The number of nitrogens with one attached hydrogen (secondary N) is 1. The molecule has 2 aromatic rings. The number of aliphatic hydroxyl groups is 1. The zero-order valence-electron chi connectivity index (χ0n) is 15.3. The van der Waals surface area contributed by atoms with E-state index in [4.69, 9.17) is 54.1 Å². The molecule has 0 aliphatic carbocycles. The lowest BCUT2D eigenvalue weighted by Crippen LogP contribution is -2.20. The summed E-state index contributed by atoms with van der Waals surface area (Å²) in [5, 5.41) is 13.4. The maximum Gasteiger partial charge on any atom is 0.180 e. The molecule has 0 aromatic heterocycles. The first-order valence-electron chi connectivity index (χ1n) is 8.37. The molecule has 0 aliphatic rings. The lowest BCUT2D eigenvalue weighted by Gasteiger charge is -2.15. The standard InChI is InChI=1S/C19H22Cl3NO4.ClH/c1-25-18-9-13(11-23-4-6-26-7-5-24)8-17(22)19(18)27-12-14-2-3-15(20)10-16(14)21;/h2-3,8-10,23-24H,4-7,11-12H2,1H3;1H. The highest BCUT2D eigenvalue weighted by molar-refractivity contribution is 6.35. The smallest absolute Gasteiger partial charge is 0.180 e. The van der Waals surface area contributed by atoms with Crippen LogP contribution in [0.5, 0.6) is 11.5 Å². The molecule has 0 amide bonds. The molecule has 0 radical (unpaired) electrons. The van der Waals surface area contributed by atoms with E-state index in [1.807, 2.05) is 18.2 Å². The highest BCUT2D eigenvalue weighted by Crippen LogP contribution is 2.37. The van der Waals surface area contributed by atoms with Crippen LogP contribution in [0.1, 0.15) is 11.1 Å². The lowest BCUT2D eigenvalue weighted by molar-refractivity contribution is 0.0938. The Morgan fingerprint density at radius 2 is 1.82 bits per heavy atom. The summed E-state index contributed by atoms with van der Waals surface area (Å²) in [5.74, 6) is 1.00. The van der Waals surface area contributed by atoms with Crippen molar-refractivity contribution in [2.45, 2.75) is 13.2 Å². The van der Waals surface area contributed by atoms with Crippen LogP contribution in [-0.4, -0.2) is 38.6 Å². The molecule has 0 aliphatic heterocycles. The molecule has 0 bridgehead atoms. The number of aliphatic hydroxyl groups excluding tert-OH is 1. The minimum atomic E-state index is 0. The molecular formula is C19H23Cl4NO4. The summed E-state index contributed by atoms with van der Waals surface area (Å²) in [7, 11) is 1.56. The number of benzene rings is 2. The normalized spacial score (nSPS) is 10.5. The fourth-order valence-electron chi connectivity index (χ4n) is 2.35. The molecular weight excluding hydrogens is 448 g/mol. The first kappa shape index (κ1) is 25.1. The molecule has 0 saturated heterocycles. The van der Waals surface area contributed by atoms with E-state index in [-0.39, 0.29) is 25.6 Å². The summed E-state index contributed by atoms with van der Waals surface area (Å²) >= 11 is 18.5. The largest absolute Gasteiger partial charge is 0.493 e. The van der Waals surface area contributed by atoms with Gasteiger partial charge in [-0.25, -0.2) is 0 Å². The van der Waals surface area contributed by atoms with Gasteiger partial charge in [0.1, 0.15) is 6.61 Å². The summed E-state index contributed by atoms with van der Waals surface area (Å²) < 4.78 is 16.5. The van der Waals surface area contributed by atoms with Crippen LogP contribution < -0.4 is 14.8 Å². The zero-order valence-corrected chi connectivity index (χ0v) is 18.4. The molecule has 2 N–H and O–H groups in total. The molecule has 0 unspecified atom stereocenters. The van der Waals surface area contributed by atoms with Crippen molar-refractivity contribution in [3.05, 3.63) is 56.5 Å². The van der Waals surface area contributed by atoms with Crippen LogP contribution in [0.3, 0.4) is 0 Å². The van der Waals surface area contributed by atoms with Gasteiger partial charge in [0.2, 0.25) is 0 Å². The van der Waals surface area contributed by atoms with Crippen molar-refractivity contribution < 1.29 is 19.3 Å². The van der Waals surface area contributed by atoms with E-state index in [9.17, 15) is 0 Å². The Hall–Kier alpha value is -0.920. The summed E-state index contributed by atoms with van der Waals surface area (Å²) in [6, 6.07) is 8.92. The third kappa shape index (κ3) is 7.84. The van der Waals surface area contributed by atoms with Crippen molar-refractivity contribution in [2.75, 3.05) is 33.5 Å². The van der Waals surface area contributed by atoms with E-state index in [1.165, 1.54) is 0 Å². The van der Waals surface area contributed by atoms with E-state index in [0.29, 0.717) is 52.9 Å². The Morgan fingerprint density at radius 3 is 2.50 bits per heavy atom. The number of ether oxygens (including phenoxy) is 3. The van der Waals surface area contributed by atoms with Crippen LogP contribution in [0.2, 0.25) is 15.1 Å². The predicted octanol–water partition coefficient (Wildman–Crippen LogP) is 4.75. The predicted molar refractivity (Wildman–Crippen MR) is 116 cm³/mol. The van der Waals surface area contributed by atoms with E-state index >= 15 is 0 Å². The molecule has 0 heterocycles. The Balaban J connectivity index is 0.00000392. The van der Waals surface area contributed by atoms with E-state index in [0.717, 1.165) is 11.1 Å². The van der Waals surface area contributed by atoms with Crippen molar-refractivity contribution in [3.8, 4) is 11.5 Å². The van der Waals surface area contributed by atoms with Crippen LogP contribution in [0.15, 0.2) is 30.3 Å². The van der Waals surface area contributed by atoms with Gasteiger partial charge in [-0.05, 0) is 29.8 Å². The van der Waals surface area contributed by atoms with E-state index in [1.54, 1.807) is 19.2 Å². The molecule has 2 rings (SSSR count). The molecule has 0 saturated carbocycles. The van der Waals surface area contributed by atoms with Gasteiger partial charge >= 0.3 is 0 Å². The third-order valence-corrected chi connectivity index (χ3v) is 4.53. The molecule has 9 heteroatoms. The second-order valence-electron chi connectivity index (χ2n) is 5.65. The molecule has 2 aromatic carbocycles. The Kier molecular flexibility index (Phi) is 12.0. The maximum absolute atomic E-state index is 8.66. The van der Waals surface area contributed by atoms with Crippen molar-refractivity contribution in [1.82, 2.24) is 5.32 Å². The monoisotopic (exact) mass is 469 g/mol. The summed E-state index contributed by atoms with van der Waals surface area (Å²) in [5.41, 5.74) is 1.75. The van der Waals surface area contributed by atoms with Crippen LogP contribution in [0, 0.1) is 0 Å². The second-order valence-corrected chi connectivity index (χ2v) is 6.90. The van der Waals surface area contributed by atoms with Gasteiger partial charge in [-0.1, -0.05) is 40.9 Å². The average Bonchev–Trinajstić information content (AvgIpc) is 2.64. The topological polar surface area (TPSA) is 60.0 Å². The maximum atomic E-state index is 8.66. The first-order valence-corrected chi connectivity index (χ1v) is 9.51. The van der Waals surface area contributed by atoms with Gasteiger partial charge in [-0.15, -0.1) is 12.4 Å². The molecule has 156 valence electrons. The fourth-order valence-corrected chi connectivity index (χ4v) is 3.10. The van der Waals surface area contributed by atoms with Crippen LogP contribution >= 0.6 is 47.2 Å². The number of rotatable bonds is 11. The average molecular weight is 471 g/mol.